The molecule has 0 unspecified atom stereocenters. The Bertz CT molecular complexity index is 3480. The molecule has 8 aromatic carbocycles. The van der Waals surface area contributed by atoms with Gasteiger partial charge in [-0.15, -0.1) is 0 Å². The maximum atomic E-state index is 6.36. The minimum absolute atomic E-state index is 0.218. The van der Waals surface area contributed by atoms with Gasteiger partial charge in [0.15, 0.2) is 11.6 Å². The Kier molecular flexibility index (Phi) is 8.67. The van der Waals surface area contributed by atoms with Gasteiger partial charge in [0.05, 0.1) is 11.0 Å². The van der Waals surface area contributed by atoms with Crippen LogP contribution in [0, 0.1) is 0 Å². The molecule has 1 aliphatic rings. The fraction of sp³-hybridized carbons (Fsp3) is 0.125. The standard InChI is InChI=1S/C53H36N4O.C3H8/c1-53(2)44-24-10-8-18-35(44)28-36-19-12-21-40(48(36)53)41-22-13-23-42-43-29-33-16-6-7-17-34(33)30-45(43)57(49(41)42)52-55-50(32-14-4-3-5-15-32)54-51(56-52)37-26-27-39-38-20-9-11-25-46(38)58-47(39)31-37;1-3-2/h3-27,29-31H,28H2,1-2H3;3H2,1-2H3. The van der Waals surface area contributed by atoms with Gasteiger partial charge < -0.3 is 4.42 Å². The van der Waals surface area contributed by atoms with Gasteiger partial charge in [0.25, 0.3) is 0 Å². The van der Waals surface area contributed by atoms with Crippen molar-refractivity contribution in [2.45, 2.75) is 46.0 Å². The molecule has 0 fully saturated rings. The van der Waals surface area contributed by atoms with Gasteiger partial charge in [0, 0.05) is 43.7 Å². The lowest BCUT2D eigenvalue weighted by atomic mass is 9.66. The molecule has 0 spiro atoms. The minimum atomic E-state index is -0.218. The van der Waals surface area contributed by atoms with Crippen LogP contribution in [-0.4, -0.2) is 19.5 Å². The quantitative estimate of drug-likeness (QED) is 0.178. The fourth-order valence-electron chi connectivity index (χ4n) is 9.69. The second kappa shape index (κ2) is 14.4. The number of hydrogen-bond donors (Lipinski definition) is 0. The van der Waals surface area contributed by atoms with Crippen molar-refractivity contribution in [3.63, 3.8) is 0 Å². The largest absolute Gasteiger partial charge is 0.456 e. The van der Waals surface area contributed by atoms with E-state index in [1.807, 2.05) is 36.4 Å². The van der Waals surface area contributed by atoms with Crippen molar-refractivity contribution < 1.29 is 4.42 Å². The van der Waals surface area contributed by atoms with E-state index in [1.54, 1.807) is 0 Å². The van der Waals surface area contributed by atoms with Crippen molar-refractivity contribution in [3.05, 3.63) is 192 Å². The zero-order valence-electron chi connectivity index (χ0n) is 34.8. The third-order valence-corrected chi connectivity index (χ3v) is 12.3. The average molecular weight is 789 g/mol. The maximum absolute atomic E-state index is 6.36. The number of benzene rings is 8. The van der Waals surface area contributed by atoms with Crippen molar-refractivity contribution in [2.24, 2.45) is 0 Å². The van der Waals surface area contributed by atoms with E-state index in [-0.39, 0.29) is 5.41 Å². The van der Waals surface area contributed by atoms with Crippen molar-refractivity contribution in [3.8, 4) is 39.9 Å². The summed E-state index contributed by atoms with van der Waals surface area (Å²) in [4.78, 5) is 15.9. The van der Waals surface area contributed by atoms with E-state index in [4.69, 9.17) is 19.4 Å². The van der Waals surface area contributed by atoms with Crippen LogP contribution in [0.1, 0.15) is 56.4 Å². The number of aromatic nitrogens is 4. The van der Waals surface area contributed by atoms with Crippen LogP contribution in [0.15, 0.2) is 174 Å². The second-order valence-electron chi connectivity index (χ2n) is 16.7. The first-order chi connectivity index (χ1) is 29.9. The summed E-state index contributed by atoms with van der Waals surface area (Å²) in [5, 5.41) is 6.80. The third kappa shape index (κ3) is 5.95. The molecular formula is C56H44N4O. The highest BCUT2D eigenvalue weighted by molar-refractivity contribution is 6.17. The van der Waals surface area contributed by atoms with E-state index >= 15 is 0 Å². The number of nitrogens with zero attached hydrogens (tertiary/aromatic N) is 4. The van der Waals surface area contributed by atoms with Crippen molar-refractivity contribution in [1.82, 2.24) is 19.5 Å². The van der Waals surface area contributed by atoms with Gasteiger partial charge in [-0.05, 0) is 75.3 Å². The molecule has 0 amide bonds. The number of para-hydroxylation sites is 2. The molecule has 5 nitrogen and oxygen atoms in total. The number of hydrogen-bond acceptors (Lipinski definition) is 4. The van der Waals surface area contributed by atoms with E-state index in [1.165, 1.54) is 39.6 Å². The topological polar surface area (TPSA) is 56.7 Å². The lowest BCUT2D eigenvalue weighted by Crippen LogP contribution is -2.28. The van der Waals surface area contributed by atoms with Crippen LogP contribution in [0.2, 0.25) is 0 Å². The lowest BCUT2D eigenvalue weighted by Gasteiger charge is -2.37. The predicted molar refractivity (Wildman–Crippen MR) is 253 cm³/mol. The van der Waals surface area contributed by atoms with E-state index in [0.717, 1.165) is 72.2 Å². The van der Waals surface area contributed by atoms with Gasteiger partial charge >= 0.3 is 0 Å². The van der Waals surface area contributed by atoms with Crippen LogP contribution in [0.3, 0.4) is 0 Å². The molecule has 0 aliphatic heterocycles. The Morgan fingerprint density at radius 3 is 2.00 bits per heavy atom. The monoisotopic (exact) mass is 788 g/mol. The molecule has 0 saturated carbocycles. The van der Waals surface area contributed by atoms with Crippen molar-refractivity contribution in [1.29, 1.82) is 0 Å². The zero-order valence-corrected chi connectivity index (χ0v) is 34.8. The Balaban J connectivity index is 0.00000136. The molecule has 11 aromatic rings. The molecular weight excluding hydrogens is 745 g/mol. The first kappa shape index (κ1) is 36.7. The van der Waals surface area contributed by atoms with E-state index in [2.05, 4.69) is 166 Å². The Hall–Kier alpha value is -7.37. The second-order valence-corrected chi connectivity index (χ2v) is 16.7. The Labute approximate surface area is 355 Å². The van der Waals surface area contributed by atoms with Gasteiger partial charge in [-0.1, -0.05) is 174 Å². The summed E-state index contributed by atoms with van der Waals surface area (Å²) in [5.74, 6) is 1.74. The maximum Gasteiger partial charge on any atom is 0.238 e. The van der Waals surface area contributed by atoms with Crippen LogP contribution >= 0.6 is 0 Å². The van der Waals surface area contributed by atoms with Crippen molar-refractivity contribution in [2.75, 3.05) is 0 Å². The lowest BCUT2D eigenvalue weighted by molar-refractivity contribution is 0.612. The molecule has 0 N–H and O–H groups in total. The highest BCUT2D eigenvalue weighted by atomic mass is 16.3. The molecule has 294 valence electrons. The van der Waals surface area contributed by atoms with Crippen LogP contribution < -0.4 is 0 Å². The third-order valence-electron chi connectivity index (χ3n) is 12.3. The van der Waals surface area contributed by atoms with Crippen LogP contribution in [0.5, 0.6) is 0 Å². The van der Waals surface area contributed by atoms with E-state index < -0.39 is 0 Å². The molecule has 0 bridgehead atoms. The van der Waals surface area contributed by atoms with Gasteiger partial charge in [-0.2, -0.15) is 9.97 Å². The van der Waals surface area contributed by atoms with Crippen LogP contribution in [0.25, 0.3) is 94.4 Å². The van der Waals surface area contributed by atoms with E-state index in [9.17, 15) is 0 Å². The molecule has 12 rings (SSSR count). The van der Waals surface area contributed by atoms with Gasteiger partial charge in [0.2, 0.25) is 5.95 Å². The summed E-state index contributed by atoms with van der Waals surface area (Å²) in [6.07, 6.45) is 2.15. The summed E-state index contributed by atoms with van der Waals surface area (Å²) in [7, 11) is 0. The highest BCUT2D eigenvalue weighted by Crippen LogP contribution is 2.48. The summed E-state index contributed by atoms with van der Waals surface area (Å²) < 4.78 is 8.65. The van der Waals surface area contributed by atoms with E-state index in [0.29, 0.717) is 17.6 Å². The Morgan fingerprint density at radius 1 is 0.525 bits per heavy atom. The first-order valence-corrected chi connectivity index (χ1v) is 21.3. The molecule has 61 heavy (non-hydrogen) atoms. The summed E-state index contributed by atoms with van der Waals surface area (Å²) >= 11 is 0. The number of rotatable bonds is 4. The minimum Gasteiger partial charge on any atom is -0.456 e. The summed E-state index contributed by atoms with van der Waals surface area (Å²) in [6.45, 7) is 9.00. The SMILES string of the molecule is CC1(C)c2ccccc2Cc2cccc(-c3cccc4c5cc6ccccc6cc5n(-c5nc(-c6ccccc6)nc(-c6ccc7c(c6)oc6ccccc67)n5)c34)c21.CCC. The fourth-order valence-corrected chi connectivity index (χ4v) is 9.69. The molecule has 3 heterocycles. The molecule has 3 aromatic heterocycles. The molecule has 0 atom stereocenters. The molecule has 0 radical (unpaired) electrons. The number of furan rings is 1. The Morgan fingerprint density at radius 2 is 1.16 bits per heavy atom. The zero-order chi connectivity index (χ0) is 41.2. The van der Waals surface area contributed by atoms with Gasteiger partial charge in [-0.3, -0.25) is 4.57 Å². The highest BCUT2D eigenvalue weighted by Gasteiger charge is 2.35. The van der Waals surface area contributed by atoms with Crippen molar-refractivity contribution >= 4 is 54.5 Å². The normalized spacial score (nSPS) is 13.0. The average Bonchev–Trinajstić information content (AvgIpc) is 3.83. The predicted octanol–water partition coefficient (Wildman–Crippen LogP) is 14.7. The van der Waals surface area contributed by atoms with Crippen LogP contribution in [-0.2, 0) is 11.8 Å². The molecule has 5 heteroatoms. The summed E-state index contributed by atoms with van der Waals surface area (Å²) in [6, 6.07) is 60.3. The van der Waals surface area contributed by atoms with Crippen LogP contribution in [0.4, 0.5) is 0 Å². The molecule has 0 saturated heterocycles. The smallest absolute Gasteiger partial charge is 0.238 e. The van der Waals surface area contributed by atoms with Gasteiger partial charge in [0.1, 0.15) is 11.2 Å². The summed E-state index contributed by atoms with van der Waals surface area (Å²) in [5.41, 5.74) is 13.2. The number of fused-ring (bicyclic) bond motifs is 9. The molecule has 1 aliphatic carbocycles. The first-order valence-electron chi connectivity index (χ1n) is 21.3. The van der Waals surface area contributed by atoms with Gasteiger partial charge in [-0.25, -0.2) is 4.98 Å².